The molecule has 0 amide bonds. The van der Waals surface area contributed by atoms with Crippen molar-refractivity contribution in [3.63, 3.8) is 0 Å². The number of benzene rings is 1. The van der Waals surface area contributed by atoms with Crippen LogP contribution in [0.3, 0.4) is 0 Å². The average molecular weight is 268 g/mol. The summed E-state index contributed by atoms with van der Waals surface area (Å²) in [4.78, 5) is 10.7. The van der Waals surface area contributed by atoms with E-state index in [4.69, 9.17) is 4.55 Å². The van der Waals surface area contributed by atoms with Crippen molar-refractivity contribution in [1.29, 1.82) is 0 Å². The molecule has 94 valence electrons. The van der Waals surface area contributed by atoms with E-state index in [1.54, 1.807) is 0 Å². The molecule has 1 rings (SSSR count). The molecule has 0 saturated heterocycles. The summed E-state index contributed by atoms with van der Waals surface area (Å²) in [7, 11) is 0.945. The molecule has 0 radical (unpaired) electrons. The Kier molecular flexibility index (Phi) is 3.89. The summed E-state index contributed by atoms with van der Waals surface area (Å²) >= 11 is -2.55. The molecule has 4 nitrogen and oxygen atoms in total. The Hall–Kier alpha value is -1.41. The summed E-state index contributed by atoms with van der Waals surface area (Å²) in [5, 5.41) is 0. The van der Waals surface area contributed by atoms with E-state index in [0.717, 1.165) is 19.2 Å². The van der Waals surface area contributed by atoms with Crippen molar-refractivity contribution in [3.8, 4) is 0 Å². The van der Waals surface area contributed by atoms with Crippen molar-refractivity contribution in [1.82, 2.24) is 0 Å². The van der Waals surface area contributed by atoms with Gasteiger partial charge >= 0.3 is 12.1 Å². The first-order valence-electron chi connectivity index (χ1n) is 4.17. The van der Waals surface area contributed by atoms with Crippen LogP contribution in [-0.2, 0) is 22.0 Å². The van der Waals surface area contributed by atoms with Crippen molar-refractivity contribution >= 4 is 17.0 Å². The molecule has 0 saturated carbocycles. The molecule has 0 aliphatic heterocycles. The molecule has 1 N–H and O–H groups in total. The van der Waals surface area contributed by atoms with Gasteiger partial charge in [0.2, 0.25) is 0 Å². The van der Waals surface area contributed by atoms with Crippen molar-refractivity contribution in [2.24, 2.45) is 0 Å². The van der Waals surface area contributed by atoms with E-state index in [-0.39, 0.29) is 0 Å². The lowest BCUT2D eigenvalue weighted by Gasteiger charge is -2.12. The monoisotopic (exact) mass is 268 g/mol. The molecule has 8 heteroatoms. The second-order valence-corrected chi connectivity index (χ2v) is 3.92. The molecule has 1 unspecified atom stereocenters. The minimum absolute atomic E-state index is 0.440. The topological polar surface area (TPSA) is 63.6 Å². The SMILES string of the molecule is COC(=O)c1ccc(S(=O)O)cc1C(F)(F)F. The Morgan fingerprint density at radius 2 is 2.00 bits per heavy atom. The molecule has 1 aromatic rings. The van der Waals surface area contributed by atoms with Crippen LogP contribution >= 0.6 is 0 Å². The van der Waals surface area contributed by atoms with Gasteiger partial charge in [-0.2, -0.15) is 13.2 Å². The van der Waals surface area contributed by atoms with E-state index in [2.05, 4.69) is 4.74 Å². The van der Waals surface area contributed by atoms with Gasteiger partial charge in [-0.15, -0.1) is 0 Å². The van der Waals surface area contributed by atoms with Gasteiger partial charge in [-0.3, -0.25) is 0 Å². The predicted octanol–water partition coefficient (Wildman–Crippen LogP) is 2.07. The predicted molar refractivity (Wildman–Crippen MR) is 51.8 cm³/mol. The molecule has 1 atom stereocenters. The molecule has 0 bridgehead atoms. The lowest BCUT2D eigenvalue weighted by molar-refractivity contribution is -0.138. The third kappa shape index (κ3) is 3.04. The lowest BCUT2D eigenvalue weighted by Crippen LogP contribution is -2.14. The van der Waals surface area contributed by atoms with Gasteiger partial charge in [0.15, 0.2) is 11.1 Å². The van der Waals surface area contributed by atoms with Crippen LogP contribution in [-0.4, -0.2) is 21.8 Å². The third-order valence-electron chi connectivity index (χ3n) is 1.90. The number of alkyl halides is 3. The summed E-state index contributed by atoms with van der Waals surface area (Å²) in [5.41, 5.74) is -2.00. The Morgan fingerprint density at radius 1 is 1.41 bits per heavy atom. The standard InChI is InChI=1S/C9H7F3O4S/c1-16-8(13)6-3-2-5(17(14)15)4-7(6)9(10,11)12/h2-4H,1H3,(H,14,15). The molecule has 0 heterocycles. The van der Waals surface area contributed by atoms with Gasteiger partial charge in [-0.25, -0.2) is 9.00 Å². The smallest absolute Gasteiger partial charge is 0.417 e. The van der Waals surface area contributed by atoms with Crippen LogP contribution in [0.2, 0.25) is 0 Å². The Labute approximate surface area is 96.7 Å². The van der Waals surface area contributed by atoms with Crippen LogP contribution in [0.5, 0.6) is 0 Å². The maximum atomic E-state index is 12.6. The van der Waals surface area contributed by atoms with E-state index in [1.165, 1.54) is 0 Å². The van der Waals surface area contributed by atoms with E-state index < -0.39 is 39.2 Å². The Bertz CT molecular complexity index is 470. The first kappa shape index (κ1) is 13.7. The summed E-state index contributed by atoms with van der Waals surface area (Å²) in [6, 6.07) is 2.21. The lowest BCUT2D eigenvalue weighted by atomic mass is 10.1. The first-order chi connectivity index (χ1) is 7.77. The van der Waals surface area contributed by atoms with Crippen LogP contribution < -0.4 is 0 Å². The van der Waals surface area contributed by atoms with Crippen LogP contribution in [0.4, 0.5) is 13.2 Å². The minimum atomic E-state index is -4.81. The molecule has 0 aliphatic rings. The number of methoxy groups -OCH3 is 1. The van der Waals surface area contributed by atoms with Crippen molar-refractivity contribution in [2.45, 2.75) is 11.1 Å². The average Bonchev–Trinajstić information content (AvgIpc) is 2.26. The molecule has 0 aromatic heterocycles. The van der Waals surface area contributed by atoms with Crippen LogP contribution in [0.25, 0.3) is 0 Å². The number of ether oxygens (including phenoxy) is 1. The molecular weight excluding hydrogens is 261 g/mol. The van der Waals surface area contributed by atoms with Gasteiger partial charge in [0, 0.05) is 0 Å². The summed E-state index contributed by atoms with van der Waals surface area (Å²) in [6.07, 6.45) is -4.81. The molecule has 17 heavy (non-hydrogen) atoms. The first-order valence-corrected chi connectivity index (χ1v) is 5.28. The zero-order chi connectivity index (χ0) is 13.2. The Morgan fingerprint density at radius 3 is 2.41 bits per heavy atom. The largest absolute Gasteiger partial charge is 0.465 e. The minimum Gasteiger partial charge on any atom is -0.465 e. The fourth-order valence-corrected chi connectivity index (χ4v) is 1.56. The molecule has 0 spiro atoms. The zero-order valence-electron chi connectivity index (χ0n) is 8.45. The number of carbonyl (C=O) groups is 1. The second-order valence-electron chi connectivity index (χ2n) is 2.95. The third-order valence-corrected chi connectivity index (χ3v) is 2.56. The number of hydrogen-bond donors (Lipinski definition) is 1. The maximum Gasteiger partial charge on any atom is 0.417 e. The molecule has 0 fully saturated rings. The number of halogens is 3. The highest BCUT2D eigenvalue weighted by atomic mass is 32.2. The highest BCUT2D eigenvalue weighted by Crippen LogP contribution is 2.33. The van der Waals surface area contributed by atoms with Crippen molar-refractivity contribution in [2.75, 3.05) is 7.11 Å². The van der Waals surface area contributed by atoms with Crippen LogP contribution in [0.1, 0.15) is 15.9 Å². The number of hydrogen-bond acceptors (Lipinski definition) is 3. The highest BCUT2D eigenvalue weighted by molar-refractivity contribution is 7.79. The molecule has 1 aromatic carbocycles. The normalized spacial score (nSPS) is 13.2. The van der Waals surface area contributed by atoms with Crippen LogP contribution in [0.15, 0.2) is 23.1 Å². The highest BCUT2D eigenvalue weighted by Gasteiger charge is 2.36. The second kappa shape index (κ2) is 4.84. The quantitative estimate of drug-likeness (QED) is 0.658. The van der Waals surface area contributed by atoms with E-state index in [0.29, 0.717) is 6.07 Å². The van der Waals surface area contributed by atoms with Crippen molar-refractivity contribution in [3.05, 3.63) is 29.3 Å². The van der Waals surface area contributed by atoms with E-state index >= 15 is 0 Å². The van der Waals surface area contributed by atoms with Gasteiger partial charge in [0.1, 0.15) is 0 Å². The van der Waals surface area contributed by atoms with E-state index in [1.807, 2.05) is 0 Å². The molecule has 0 aliphatic carbocycles. The zero-order valence-corrected chi connectivity index (χ0v) is 9.26. The summed E-state index contributed by atoms with van der Waals surface area (Å²) in [5.74, 6) is -1.16. The fraction of sp³-hybridized carbons (Fsp3) is 0.222. The Balaban J connectivity index is 3.42. The molecular formula is C9H7F3O4S. The summed E-state index contributed by atoms with van der Waals surface area (Å²) in [6.45, 7) is 0. The van der Waals surface area contributed by atoms with Gasteiger partial charge in [0.25, 0.3) is 0 Å². The van der Waals surface area contributed by atoms with Crippen molar-refractivity contribution < 1.29 is 31.5 Å². The fourth-order valence-electron chi connectivity index (χ4n) is 1.15. The number of carbonyl (C=O) groups excluding carboxylic acids is 1. The van der Waals surface area contributed by atoms with Gasteiger partial charge < -0.3 is 9.29 Å². The summed E-state index contributed by atoms with van der Waals surface area (Å²) < 4.78 is 61.3. The number of esters is 1. The maximum absolute atomic E-state index is 12.6. The van der Waals surface area contributed by atoms with E-state index in [9.17, 15) is 22.2 Å². The van der Waals surface area contributed by atoms with Crippen LogP contribution in [0, 0.1) is 0 Å². The van der Waals surface area contributed by atoms with Gasteiger partial charge in [-0.05, 0) is 18.2 Å². The number of rotatable bonds is 2. The van der Waals surface area contributed by atoms with Gasteiger partial charge in [-0.1, -0.05) is 0 Å². The van der Waals surface area contributed by atoms with Gasteiger partial charge in [0.05, 0.1) is 23.1 Å².